The summed E-state index contributed by atoms with van der Waals surface area (Å²) < 4.78 is 5.65. The molecule has 0 amide bonds. The number of benzene rings is 1. The molecule has 1 atom stereocenters. The second kappa shape index (κ2) is 5.09. The number of rotatable bonds is 3. The number of nitrogens with zero attached hydrogens (tertiary/aromatic N) is 2. The fourth-order valence-electron chi connectivity index (χ4n) is 2.62. The van der Waals surface area contributed by atoms with Gasteiger partial charge in [0.15, 0.2) is 5.72 Å². The highest BCUT2D eigenvalue weighted by Crippen LogP contribution is 2.28. The maximum absolute atomic E-state index is 10.5. The Morgan fingerprint density at radius 1 is 1.38 bits per heavy atom. The van der Waals surface area contributed by atoms with Gasteiger partial charge in [-0.3, -0.25) is 4.99 Å². The SMILES string of the molecule is Cc1c(C2=NC(C)(C)OC2)cccc1C(O)c1cnc[nH]1. The van der Waals surface area contributed by atoms with Crippen molar-refractivity contribution in [3.63, 3.8) is 0 Å². The second-order valence-corrected chi connectivity index (χ2v) is 5.72. The predicted molar refractivity (Wildman–Crippen MR) is 80.4 cm³/mol. The Morgan fingerprint density at radius 2 is 2.19 bits per heavy atom. The fourth-order valence-corrected chi connectivity index (χ4v) is 2.62. The number of hydrogen-bond acceptors (Lipinski definition) is 4. The van der Waals surface area contributed by atoms with Gasteiger partial charge in [0.2, 0.25) is 0 Å². The zero-order valence-corrected chi connectivity index (χ0v) is 12.4. The lowest BCUT2D eigenvalue weighted by atomic mass is 9.95. The second-order valence-electron chi connectivity index (χ2n) is 5.72. The number of aromatic amines is 1. The minimum Gasteiger partial charge on any atom is -0.382 e. The minimum absolute atomic E-state index is 0.472. The molecule has 1 unspecified atom stereocenters. The van der Waals surface area contributed by atoms with E-state index in [0.717, 1.165) is 22.4 Å². The van der Waals surface area contributed by atoms with Crippen LogP contribution in [-0.4, -0.2) is 33.1 Å². The van der Waals surface area contributed by atoms with Gasteiger partial charge in [-0.25, -0.2) is 4.98 Å². The van der Waals surface area contributed by atoms with Crippen LogP contribution in [0.15, 0.2) is 35.7 Å². The first-order chi connectivity index (χ1) is 9.98. The highest BCUT2D eigenvalue weighted by molar-refractivity contribution is 6.04. The topological polar surface area (TPSA) is 70.5 Å². The Balaban J connectivity index is 2.00. The first kappa shape index (κ1) is 14.0. The van der Waals surface area contributed by atoms with E-state index in [2.05, 4.69) is 15.0 Å². The molecule has 1 aromatic heterocycles. The quantitative estimate of drug-likeness (QED) is 0.909. The van der Waals surface area contributed by atoms with Gasteiger partial charge in [-0.15, -0.1) is 0 Å². The molecule has 1 aliphatic heterocycles. The lowest BCUT2D eigenvalue weighted by Crippen LogP contribution is -2.15. The molecule has 5 nitrogen and oxygen atoms in total. The number of nitrogens with one attached hydrogen (secondary N) is 1. The van der Waals surface area contributed by atoms with Crippen LogP contribution < -0.4 is 0 Å². The Kier molecular flexibility index (Phi) is 3.39. The van der Waals surface area contributed by atoms with Gasteiger partial charge in [-0.05, 0) is 31.9 Å². The number of imidazole rings is 1. The molecule has 2 heterocycles. The van der Waals surface area contributed by atoms with Crippen molar-refractivity contribution in [2.45, 2.75) is 32.6 Å². The van der Waals surface area contributed by atoms with Crippen molar-refractivity contribution < 1.29 is 9.84 Å². The van der Waals surface area contributed by atoms with Gasteiger partial charge in [0.1, 0.15) is 6.10 Å². The molecule has 0 aliphatic carbocycles. The lowest BCUT2D eigenvalue weighted by Gasteiger charge is -2.15. The Labute approximate surface area is 123 Å². The predicted octanol–water partition coefficient (Wildman–Crippen LogP) is 2.36. The Morgan fingerprint density at radius 3 is 2.81 bits per heavy atom. The van der Waals surface area contributed by atoms with Crippen LogP contribution in [0.2, 0.25) is 0 Å². The summed E-state index contributed by atoms with van der Waals surface area (Å²) in [6.07, 6.45) is 2.48. The van der Waals surface area contributed by atoms with Gasteiger partial charge >= 0.3 is 0 Å². The summed E-state index contributed by atoms with van der Waals surface area (Å²) in [5, 5.41) is 10.5. The smallest absolute Gasteiger partial charge is 0.154 e. The van der Waals surface area contributed by atoms with Crippen molar-refractivity contribution in [2.75, 3.05) is 6.61 Å². The molecule has 2 aromatic rings. The molecular formula is C16H19N3O2. The molecule has 5 heteroatoms. The third-order valence-corrected chi connectivity index (χ3v) is 3.76. The summed E-state index contributed by atoms with van der Waals surface area (Å²) in [4.78, 5) is 11.5. The fraction of sp³-hybridized carbons (Fsp3) is 0.375. The summed E-state index contributed by atoms with van der Waals surface area (Å²) in [6, 6.07) is 5.87. The van der Waals surface area contributed by atoms with E-state index in [1.54, 1.807) is 12.5 Å². The number of ether oxygens (including phenoxy) is 1. The average Bonchev–Trinajstić information content (AvgIpc) is 3.07. The molecule has 0 fully saturated rings. The molecule has 2 N–H and O–H groups in total. The highest BCUT2D eigenvalue weighted by Gasteiger charge is 2.27. The third kappa shape index (κ3) is 2.62. The first-order valence-electron chi connectivity index (χ1n) is 6.97. The molecule has 0 bridgehead atoms. The van der Waals surface area contributed by atoms with Gasteiger partial charge in [-0.2, -0.15) is 0 Å². The van der Waals surface area contributed by atoms with Gasteiger partial charge in [0, 0.05) is 5.56 Å². The van der Waals surface area contributed by atoms with Gasteiger partial charge < -0.3 is 14.8 Å². The van der Waals surface area contributed by atoms with Crippen molar-refractivity contribution in [1.82, 2.24) is 9.97 Å². The summed E-state index contributed by atoms with van der Waals surface area (Å²) in [7, 11) is 0. The molecule has 110 valence electrons. The number of aliphatic hydroxyl groups excluding tert-OH is 1. The Hall–Kier alpha value is -1.98. The summed E-state index contributed by atoms with van der Waals surface area (Å²) in [5.74, 6) is 0. The molecule has 1 aliphatic rings. The lowest BCUT2D eigenvalue weighted by molar-refractivity contribution is 0.0327. The van der Waals surface area contributed by atoms with Crippen molar-refractivity contribution in [3.8, 4) is 0 Å². The van der Waals surface area contributed by atoms with E-state index in [-0.39, 0.29) is 0 Å². The van der Waals surface area contributed by atoms with E-state index in [1.165, 1.54) is 0 Å². The monoisotopic (exact) mass is 285 g/mol. The van der Waals surface area contributed by atoms with E-state index in [9.17, 15) is 5.11 Å². The van der Waals surface area contributed by atoms with Gasteiger partial charge in [0.05, 0.1) is 30.5 Å². The van der Waals surface area contributed by atoms with Crippen LogP contribution in [0.4, 0.5) is 0 Å². The standard InChI is InChI=1S/C16H19N3O2/c1-10-11(14-8-21-16(2,3)19-14)5-4-6-12(10)15(20)13-7-17-9-18-13/h4-7,9,15,20H,8H2,1-3H3,(H,17,18). The molecule has 0 saturated heterocycles. The Bertz CT molecular complexity index is 675. The zero-order valence-electron chi connectivity index (χ0n) is 12.4. The largest absolute Gasteiger partial charge is 0.382 e. The van der Waals surface area contributed by atoms with Crippen molar-refractivity contribution >= 4 is 5.71 Å². The molecular weight excluding hydrogens is 266 g/mol. The maximum Gasteiger partial charge on any atom is 0.154 e. The van der Waals surface area contributed by atoms with Crippen molar-refractivity contribution in [1.29, 1.82) is 0 Å². The van der Waals surface area contributed by atoms with Crippen LogP contribution in [0.1, 0.15) is 42.3 Å². The number of hydrogen-bond donors (Lipinski definition) is 2. The van der Waals surface area contributed by atoms with Crippen LogP contribution in [-0.2, 0) is 4.74 Å². The van der Waals surface area contributed by atoms with Crippen LogP contribution in [0.25, 0.3) is 0 Å². The van der Waals surface area contributed by atoms with E-state index in [0.29, 0.717) is 12.3 Å². The van der Waals surface area contributed by atoms with Gasteiger partial charge in [0.25, 0.3) is 0 Å². The van der Waals surface area contributed by atoms with Crippen LogP contribution in [0.3, 0.4) is 0 Å². The normalized spacial score (nSPS) is 18.6. The van der Waals surface area contributed by atoms with Crippen LogP contribution >= 0.6 is 0 Å². The van der Waals surface area contributed by atoms with Crippen LogP contribution in [0.5, 0.6) is 0 Å². The molecule has 0 spiro atoms. The number of aliphatic imine (C=N–C) groups is 1. The van der Waals surface area contributed by atoms with E-state index in [4.69, 9.17) is 4.74 Å². The number of H-pyrrole nitrogens is 1. The molecule has 21 heavy (non-hydrogen) atoms. The first-order valence-corrected chi connectivity index (χ1v) is 6.97. The highest BCUT2D eigenvalue weighted by atomic mass is 16.5. The number of aliphatic hydroxyl groups is 1. The molecule has 1 aromatic carbocycles. The average molecular weight is 285 g/mol. The zero-order chi connectivity index (χ0) is 15.0. The molecule has 3 rings (SSSR count). The summed E-state index contributed by atoms with van der Waals surface area (Å²) >= 11 is 0. The number of aromatic nitrogens is 2. The third-order valence-electron chi connectivity index (χ3n) is 3.76. The van der Waals surface area contributed by atoms with Crippen molar-refractivity contribution in [3.05, 3.63) is 53.1 Å². The van der Waals surface area contributed by atoms with E-state index in [1.807, 2.05) is 39.0 Å². The van der Waals surface area contributed by atoms with Gasteiger partial charge in [-0.1, -0.05) is 18.2 Å². The molecule has 0 radical (unpaired) electrons. The maximum atomic E-state index is 10.5. The summed E-state index contributed by atoms with van der Waals surface area (Å²) in [6.45, 7) is 6.38. The summed E-state index contributed by atoms with van der Waals surface area (Å²) in [5.41, 5.74) is 4.02. The van der Waals surface area contributed by atoms with E-state index >= 15 is 0 Å². The minimum atomic E-state index is -0.719. The van der Waals surface area contributed by atoms with Crippen molar-refractivity contribution in [2.24, 2.45) is 4.99 Å². The van der Waals surface area contributed by atoms with Crippen LogP contribution in [0, 0.1) is 6.92 Å². The van der Waals surface area contributed by atoms with E-state index < -0.39 is 11.8 Å². The molecule has 0 saturated carbocycles.